The lowest BCUT2D eigenvalue weighted by atomic mass is 10.1. The number of methoxy groups -OCH3 is 2. The van der Waals surface area contributed by atoms with E-state index in [-0.39, 0.29) is 0 Å². The lowest BCUT2D eigenvalue weighted by Gasteiger charge is -2.08. The standard InChI is InChI=1S/C16H19NO3/c1-18-12-5-7-14(16(9-12)19-2)15-8-6-13(20-15)10-17-11-3-4-11/h5-9,11,17H,3-4,10H2,1-2H3. The Kier molecular flexibility index (Phi) is 3.65. The summed E-state index contributed by atoms with van der Waals surface area (Å²) in [5.41, 5.74) is 0.936. The van der Waals surface area contributed by atoms with Gasteiger partial charge in [-0.05, 0) is 37.1 Å². The highest BCUT2D eigenvalue weighted by atomic mass is 16.5. The molecule has 0 radical (unpaired) electrons. The maximum absolute atomic E-state index is 5.88. The lowest BCUT2D eigenvalue weighted by molar-refractivity contribution is 0.394. The zero-order valence-electron chi connectivity index (χ0n) is 11.8. The van der Waals surface area contributed by atoms with Crippen LogP contribution in [0.2, 0.25) is 0 Å². The Balaban J connectivity index is 1.80. The van der Waals surface area contributed by atoms with Crippen LogP contribution in [0.3, 0.4) is 0 Å². The van der Waals surface area contributed by atoms with E-state index in [9.17, 15) is 0 Å². The minimum atomic E-state index is 0.680. The molecule has 1 N–H and O–H groups in total. The number of benzene rings is 1. The number of hydrogen-bond acceptors (Lipinski definition) is 4. The van der Waals surface area contributed by atoms with Crippen LogP contribution < -0.4 is 14.8 Å². The van der Waals surface area contributed by atoms with Crippen LogP contribution in [0.25, 0.3) is 11.3 Å². The molecule has 1 aliphatic carbocycles. The zero-order chi connectivity index (χ0) is 13.9. The van der Waals surface area contributed by atoms with Gasteiger partial charge >= 0.3 is 0 Å². The Morgan fingerprint density at radius 3 is 2.70 bits per heavy atom. The molecule has 0 bridgehead atoms. The summed E-state index contributed by atoms with van der Waals surface area (Å²) in [4.78, 5) is 0. The van der Waals surface area contributed by atoms with E-state index in [2.05, 4.69) is 5.32 Å². The third-order valence-electron chi connectivity index (χ3n) is 3.48. The SMILES string of the molecule is COc1ccc(-c2ccc(CNC3CC3)o2)c(OC)c1. The summed E-state index contributed by atoms with van der Waals surface area (Å²) in [5, 5.41) is 3.44. The largest absolute Gasteiger partial charge is 0.497 e. The molecule has 1 aliphatic rings. The molecule has 106 valence electrons. The molecule has 0 atom stereocenters. The van der Waals surface area contributed by atoms with Crippen molar-refractivity contribution in [3.05, 3.63) is 36.1 Å². The van der Waals surface area contributed by atoms with E-state index < -0.39 is 0 Å². The van der Waals surface area contributed by atoms with Gasteiger partial charge in [0.25, 0.3) is 0 Å². The average Bonchev–Trinajstić information content (AvgIpc) is 3.21. The highest BCUT2D eigenvalue weighted by Crippen LogP contribution is 2.34. The van der Waals surface area contributed by atoms with Crippen LogP contribution in [0, 0.1) is 0 Å². The number of hydrogen-bond donors (Lipinski definition) is 1. The molecule has 20 heavy (non-hydrogen) atoms. The first-order valence-corrected chi connectivity index (χ1v) is 6.84. The summed E-state index contributed by atoms with van der Waals surface area (Å²) in [6, 6.07) is 10.4. The lowest BCUT2D eigenvalue weighted by Crippen LogP contribution is -2.14. The fourth-order valence-corrected chi connectivity index (χ4v) is 2.15. The molecule has 1 fully saturated rings. The predicted molar refractivity (Wildman–Crippen MR) is 77.1 cm³/mol. The smallest absolute Gasteiger partial charge is 0.138 e. The fourth-order valence-electron chi connectivity index (χ4n) is 2.15. The first-order chi connectivity index (χ1) is 9.80. The van der Waals surface area contributed by atoms with Crippen molar-refractivity contribution in [3.63, 3.8) is 0 Å². The molecule has 2 aromatic rings. The normalized spacial score (nSPS) is 14.3. The van der Waals surface area contributed by atoms with E-state index in [4.69, 9.17) is 13.9 Å². The molecule has 1 aromatic carbocycles. The van der Waals surface area contributed by atoms with Crippen molar-refractivity contribution in [2.75, 3.05) is 14.2 Å². The Hall–Kier alpha value is -1.94. The van der Waals surface area contributed by atoms with Crippen LogP contribution in [0.1, 0.15) is 18.6 Å². The van der Waals surface area contributed by atoms with Gasteiger partial charge in [-0.15, -0.1) is 0 Å². The van der Waals surface area contributed by atoms with Crippen molar-refractivity contribution in [1.29, 1.82) is 0 Å². The molecule has 0 saturated heterocycles. The van der Waals surface area contributed by atoms with Crippen LogP contribution >= 0.6 is 0 Å². The first kappa shape index (κ1) is 13.1. The van der Waals surface area contributed by atoms with E-state index in [1.54, 1.807) is 14.2 Å². The van der Waals surface area contributed by atoms with Gasteiger partial charge in [0.15, 0.2) is 0 Å². The number of nitrogens with one attached hydrogen (secondary N) is 1. The van der Waals surface area contributed by atoms with Crippen LogP contribution in [-0.2, 0) is 6.54 Å². The van der Waals surface area contributed by atoms with Gasteiger partial charge in [0.1, 0.15) is 23.0 Å². The summed E-state index contributed by atoms with van der Waals surface area (Å²) >= 11 is 0. The molecule has 0 unspecified atom stereocenters. The van der Waals surface area contributed by atoms with Crippen LogP contribution in [0.5, 0.6) is 11.5 Å². The Morgan fingerprint density at radius 2 is 2.00 bits per heavy atom. The molecule has 4 nitrogen and oxygen atoms in total. The van der Waals surface area contributed by atoms with Crippen molar-refractivity contribution in [1.82, 2.24) is 5.32 Å². The molecule has 0 spiro atoms. The van der Waals surface area contributed by atoms with Crippen molar-refractivity contribution in [2.24, 2.45) is 0 Å². The van der Waals surface area contributed by atoms with Gasteiger partial charge < -0.3 is 19.2 Å². The molecule has 0 amide bonds. The van der Waals surface area contributed by atoms with Gasteiger partial charge in [-0.3, -0.25) is 0 Å². The van der Waals surface area contributed by atoms with Gasteiger partial charge in [0, 0.05) is 12.1 Å². The topological polar surface area (TPSA) is 43.6 Å². The second kappa shape index (κ2) is 5.59. The quantitative estimate of drug-likeness (QED) is 0.877. The van der Waals surface area contributed by atoms with Crippen molar-refractivity contribution in [3.8, 4) is 22.8 Å². The average molecular weight is 273 g/mol. The first-order valence-electron chi connectivity index (χ1n) is 6.84. The van der Waals surface area contributed by atoms with Crippen molar-refractivity contribution >= 4 is 0 Å². The Labute approximate surface area is 118 Å². The van der Waals surface area contributed by atoms with E-state index in [1.165, 1.54) is 12.8 Å². The maximum atomic E-state index is 5.88. The molecular weight excluding hydrogens is 254 g/mol. The minimum absolute atomic E-state index is 0.680. The number of rotatable bonds is 6. The summed E-state index contributed by atoms with van der Waals surface area (Å²) < 4.78 is 16.5. The van der Waals surface area contributed by atoms with Gasteiger partial charge in [-0.25, -0.2) is 0 Å². The Bertz CT molecular complexity index is 587. The molecular formula is C16H19NO3. The fraction of sp³-hybridized carbons (Fsp3) is 0.375. The van der Waals surface area contributed by atoms with Gasteiger partial charge in [0.2, 0.25) is 0 Å². The highest BCUT2D eigenvalue weighted by molar-refractivity contribution is 5.67. The third-order valence-corrected chi connectivity index (χ3v) is 3.48. The predicted octanol–water partition coefficient (Wildman–Crippen LogP) is 3.22. The zero-order valence-corrected chi connectivity index (χ0v) is 11.8. The summed E-state index contributed by atoms with van der Waals surface area (Å²) in [7, 11) is 3.29. The van der Waals surface area contributed by atoms with Crippen LogP contribution in [0.15, 0.2) is 34.7 Å². The minimum Gasteiger partial charge on any atom is -0.497 e. The van der Waals surface area contributed by atoms with Crippen molar-refractivity contribution in [2.45, 2.75) is 25.4 Å². The number of ether oxygens (including phenoxy) is 2. The molecule has 3 rings (SSSR count). The highest BCUT2D eigenvalue weighted by Gasteiger charge is 2.20. The van der Waals surface area contributed by atoms with E-state index in [0.717, 1.165) is 35.1 Å². The molecule has 4 heteroatoms. The molecule has 1 aromatic heterocycles. The monoisotopic (exact) mass is 273 g/mol. The van der Waals surface area contributed by atoms with Crippen LogP contribution in [-0.4, -0.2) is 20.3 Å². The van der Waals surface area contributed by atoms with E-state index >= 15 is 0 Å². The molecule has 0 aliphatic heterocycles. The van der Waals surface area contributed by atoms with Gasteiger partial charge in [-0.2, -0.15) is 0 Å². The second-order valence-electron chi connectivity index (χ2n) is 4.99. The van der Waals surface area contributed by atoms with Crippen molar-refractivity contribution < 1.29 is 13.9 Å². The Morgan fingerprint density at radius 1 is 1.15 bits per heavy atom. The van der Waals surface area contributed by atoms with E-state index in [0.29, 0.717) is 6.04 Å². The van der Waals surface area contributed by atoms with Gasteiger partial charge in [-0.1, -0.05) is 0 Å². The summed E-state index contributed by atoms with van der Waals surface area (Å²) in [5.74, 6) is 3.29. The molecule has 1 saturated carbocycles. The maximum Gasteiger partial charge on any atom is 0.138 e. The number of furan rings is 1. The van der Waals surface area contributed by atoms with Gasteiger partial charge in [0.05, 0.1) is 26.3 Å². The van der Waals surface area contributed by atoms with Crippen LogP contribution in [0.4, 0.5) is 0 Å². The molecule has 1 heterocycles. The third kappa shape index (κ3) is 2.80. The van der Waals surface area contributed by atoms with E-state index in [1.807, 2.05) is 30.3 Å². The summed E-state index contributed by atoms with van der Waals surface area (Å²) in [6.07, 6.45) is 2.56. The second-order valence-corrected chi connectivity index (χ2v) is 4.99. The summed E-state index contributed by atoms with van der Waals surface area (Å²) in [6.45, 7) is 0.781.